The van der Waals surface area contributed by atoms with Crippen LogP contribution >= 0.6 is 11.8 Å². The highest BCUT2D eigenvalue weighted by molar-refractivity contribution is 7.99. The van der Waals surface area contributed by atoms with Gasteiger partial charge in [0, 0.05) is 6.04 Å². The van der Waals surface area contributed by atoms with Crippen molar-refractivity contribution in [2.75, 3.05) is 12.0 Å². The maximum atomic E-state index is 11.2. The van der Waals surface area contributed by atoms with Crippen molar-refractivity contribution >= 4 is 23.7 Å². The van der Waals surface area contributed by atoms with Crippen LogP contribution in [0, 0.1) is 0 Å². The summed E-state index contributed by atoms with van der Waals surface area (Å²) >= 11 is 1.40. The largest absolute Gasteiger partial charge is 0.335 e. The average molecular weight is 216 g/mol. The molecule has 1 fully saturated rings. The minimum atomic E-state index is -0.351. The van der Waals surface area contributed by atoms with E-state index in [1.54, 1.807) is 0 Å². The first-order valence-electron chi connectivity index (χ1n) is 4.81. The van der Waals surface area contributed by atoms with Gasteiger partial charge in [-0.2, -0.15) is 11.8 Å². The fraction of sp³-hybridized carbons (Fsp3) is 0.778. The van der Waals surface area contributed by atoms with Crippen molar-refractivity contribution < 1.29 is 9.59 Å². The van der Waals surface area contributed by atoms with Crippen molar-refractivity contribution in [2.24, 2.45) is 0 Å². The fourth-order valence-corrected chi connectivity index (χ4v) is 1.92. The number of hydrogen-bond donors (Lipinski definition) is 2. The molecule has 0 saturated heterocycles. The van der Waals surface area contributed by atoms with E-state index in [0.29, 0.717) is 5.75 Å². The van der Waals surface area contributed by atoms with E-state index in [1.165, 1.54) is 24.6 Å². The average Bonchev–Trinajstić information content (AvgIpc) is 2.56. The Morgan fingerprint density at radius 1 is 1.36 bits per heavy atom. The maximum absolute atomic E-state index is 11.2. The highest BCUT2D eigenvalue weighted by atomic mass is 32.2. The molecule has 5 heteroatoms. The third-order valence-electron chi connectivity index (χ3n) is 2.22. The van der Waals surface area contributed by atoms with Crippen molar-refractivity contribution in [3.63, 3.8) is 0 Å². The third kappa shape index (κ3) is 4.00. The Bertz CT molecular complexity index is 215. The predicted octanol–water partition coefficient (Wildman–Crippen LogP) is 1.12. The minimum absolute atomic E-state index is 0.229. The van der Waals surface area contributed by atoms with Crippen molar-refractivity contribution in [2.45, 2.75) is 31.7 Å². The summed E-state index contributed by atoms with van der Waals surface area (Å²) in [5, 5.41) is 5.09. The summed E-state index contributed by atoms with van der Waals surface area (Å²) in [6, 6.07) is -0.0898. The Morgan fingerprint density at radius 2 is 2.00 bits per heavy atom. The van der Waals surface area contributed by atoms with E-state index in [1.807, 2.05) is 6.26 Å². The van der Waals surface area contributed by atoms with Crippen molar-refractivity contribution in [1.82, 2.24) is 10.6 Å². The Kier molecular flexibility index (Phi) is 4.79. The minimum Gasteiger partial charge on any atom is -0.335 e. The van der Waals surface area contributed by atoms with Gasteiger partial charge in [-0.3, -0.25) is 10.1 Å². The topological polar surface area (TPSA) is 58.2 Å². The first kappa shape index (κ1) is 11.4. The molecule has 0 aromatic heterocycles. The zero-order chi connectivity index (χ0) is 10.4. The van der Waals surface area contributed by atoms with Crippen LogP contribution in [0.3, 0.4) is 0 Å². The van der Waals surface area contributed by atoms with Gasteiger partial charge >= 0.3 is 6.03 Å². The fourth-order valence-electron chi connectivity index (χ4n) is 1.59. The van der Waals surface area contributed by atoms with Crippen LogP contribution in [-0.2, 0) is 4.79 Å². The molecule has 1 aliphatic rings. The van der Waals surface area contributed by atoms with Gasteiger partial charge in [0.15, 0.2) is 0 Å². The zero-order valence-electron chi connectivity index (χ0n) is 8.34. The Labute approximate surface area is 88.2 Å². The molecule has 0 radical (unpaired) electrons. The zero-order valence-corrected chi connectivity index (χ0v) is 9.15. The van der Waals surface area contributed by atoms with Crippen LogP contribution in [0.25, 0.3) is 0 Å². The van der Waals surface area contributed by atoms with E-state index in [9.17, 15) is 9.59 Å². The molecule has 14 heavy (non-hydrogen) atoms. The standard InChI is InChI=1S/C9H16N2O2S/c1-14-6-8(12)11-9(13)10-7-4-2-3-5-7/h7H,2-6H2,1H3,(H2,10,11,12,13). The lowest BCUT2D eigenvalue weighted by molar-refractivity contribution is -0.117. The van der Waals surface area contributed by atoms with Gasteiger partial charge in [-0.1, -0.05) is 12.8 Å². The van der Waals surface area contributed by atoms with Crippen LogP contribution in [0.4, 0.5) is 4.79 Å². The number of carbonyl (C=O) groups excluding carboxylic acids is 2. The lowest BCUT2D eigenvalue weighted by Crippen LogP contribution is -2.44. The Morgan fingerprint density at radius 3 is 2.57 bits per heavy atom. The monoisotopic (exact) mass is 216 g/mol. The number of imide groups is 1. The number of thioether (sulfide) groups is 1. The molecule has 0 atom stereocenters. The highest BCUT2D eigenvalue weighted by Gasteiger charge is 2.17. The summed E-state index contributed by atoms with van der Waals surface area (Å²) in [4.78, 5) is 22.3. The van der Waals surface area contributed by atoms with E-state index < -0.39 is 0 Å². The SMILES string of the molecule is CSCC(=O)NC(=O)NC1CCCC1. The molecule has 0 aromatic rings. The second-order valence-electron chi connectivity index (χ2n) is 3.44. The summed E-state index contributed by atoms with van der Waals surface area (Å²) in [5.41, 5.74) is 0. The number of rotatable bonds is 3. The van der Waals surface area contributed by atoms with E-state index in [2.05, 4.69) is 10.6 Å². The van der Waals surface area contributed by atoms with E-state index in [0.717, 1.165) is 12.8 Å². The molecule has 4 nitrogen and oxygen atoms in total. The molecule has 0 spiro atoms. The molecule has 3 amide bonds. The molecule has 0 aromatic carbocycles. The summed E-state index contributed by atoms with van der Waals surface area (Å²) in [7, 11) is 0. The second-order valence-corrected chi connectivity index (χ2v) is 4.30. The molecular weight excluding hydrogens is 200 g/mol. The Balaban J connectivity index is 2.17. The maximum Gasteiger partial charge on any atom is 0.321 e. The summed E-state index contributed by atoms with van der Waals surface area (Å²) < 4.78 is 0. The predicted molar refractivity (Wildman–Crippen MR) is 57.3 cm³/mol. The van der Waals surface area contributed by atoms with Crippen LogP contribution in [0.1, 0.15) is 25.7 Å². The molecule has 1 rings (SSSR count). The van der Waals surface area contributed by atoms with Gasteiger partial charge in [-0.25, -0.2) is 4.79 Å². The molecule has 1 aliphatic carbocycles. The first-order valence-corrected chi connectivity index (χ1v) is 6.21. The second kappa shape index (κ2) is 5.90. The van der Waals surface area contributed by atoms with Crippen LogP contribution in [0.15, 0.2) is 0 Å². The van der Waals surface area contributed by atoms with Crippen molar-refractivity contribution in [3.05, 3.63) is 0 Å². The molecule has 0 heterocycles. The van der Waals surface area contributed by atoms with Gasteiger partial charge in [-0.15, -0.1) is 0 Å². The van der Waals surface area contributed by atoms with Gasteiger partial charge < -0.3 is 5.32 Å². The normalized spacial score (nSPS) is 16.6. The number of nitrogens with one attached hydrogen (secondary N) is 2. The number of carbonyl (C=O) groups is 2. The van der Waals surface area contributed by atoms with Crippen LogP contribution < -0.4 is 10.6 Å². The van der Waals surface area contributed by atoms with Gasteiger partial charge in [-0.05, 0) is 19.1 Å². The molecule has 80 valence electrons. The van der Waals surface area contributed by atoms with E-state index in [4.69, 9.17) is 0 Å². The van der Waals surface area contributed by atoms with Crippen molar-refractivity contribution in [3.8, 4) is 0 Å². The highest BCUT2D eigenvalue weighted by Crippen LogP contribution is 2.17. The van der Waals surface area contributed by atoms with Crippen LogP contribution in [0.5, 0.6) is 0 Å². The first-order chi connectivity index (χ1) is 6.72. The Hall–Kier alpha value is -0.710. The van der Waals surface area contributed by atoms with Gasteiger partial charge in [0.1, 0.15) is 0 Å². The molecule has 1 saturated carbocycles. The summed E-state index contributed by atoms with van der Waals surface area (Å²) in [5.74, 6) is 0.103. The lowest BCUT2D eigenvalue weighted by Gasteiger charge is -2.11. The van der Waals surface area contributed by atoms with Crippen LogP contribution in [0.2, 0.25) is 0 Å². The molecule has 0 bridgehead atoms. The molecule has 2 N–H and O–H groups in total. The molecule has 0 aliphatic heterocycles. The smallest absolute Gasteiger partial charge is 0.321 e. The van der Waals surface area contributed by atoms with E-state index >= 15 is 0 Å². The van der Waals surface area contributed by atoms with Gasteiger partial charge in [0.05, 0.1) is 5.75 Å². The number of hydrogen-bond acceptors (Lipinski definition) is 3. The van der Waals surface area contributed by atoms with E-state index in [-0.39, 0.29) is 18.0 Å². The quantitative estimate of drug-likeness (QED) is 0.743. The number of amides is 3. The molecule has 0 unspecified atom stereocenters. The molecular formula is C9H16N2O2S. The van der Waals surface area contributed by atoms with Crippen molar-refractivity contribution in [1.29, 1.82) is 0 Å². The lowest BCUT2D eigenvalue weighted by atomic mass is 10.2. The third-order valence-corrected chi connectivity index (χ3v) is 2.77. The summed E-state index contributed by atoms with van der Waals surface area (Å²) in [6.45, 7) is 0. The van der Waals surface area contributed by atoms with Gasteiger partial charge in [0.25, 0.3) is 0 Å². The van der Waals surface area contributed by atoms with Crippen LogP contribution in [-0.4, -0.2) is 30.0 Å². The number of urea groups is 1. The summed E-state index contributed by atoms with van der Waals surface area (Å²) in [6.07, 6.45) is 6.23. The van der Waals surface area contributed by atoms with Gasteiger partial charge in [0.2, 0.25) is 5.91 Å².